The van der Waals surface area contributed by atoms with Crippen LogP contribution in [0.2, 0.25) is 0 Å². The number of aromatic nitrogens is 1. The van der Waals surface area contributed by atoms with Crippen molar-refractivity contribution >= 4 is 22.2 Å². The number of benzene rings is 1. The largest absolute Gasteiger partial charge is 0.378 e. The van der Waals surface area contributed by atoms with Gasteiger partial charge in [-0.15, -0.1) is 11.3 Å². The van der Waals surface area contributed by atoms with Crippen molar-refractivity contribution in [1.82, 2.24) is 15.2 Å². The van der Waals surface area contributed by atoms with E-state index >= 15 is 0 Å². The number of nitrogens with zero attached hydrogens (tertiary/aromatic N) is 3. The zero-order valence-corrected chi connectivity index (χ0v) is 21.2. The molecule has 0 spiro atoms. The van der Waals surface area contributed by atoms with Gasteiger partial charge in [-0.1, -0.05) is 18.2 Å². The maximum atomic E-state index is 13.0. The van der Waals surface area contributed by atoms with Gasteiger partial charge in [-0.2, -0.15) is 0 Å². The SMILES string of the molecule is CN(C)Cc1cccc(-c2cc(-c3c(N4CCOCC4)sc4c3CC(C)(C)NC4=O)ccn2)c1. The first-order chi connectivity index (χ1) is 16.3. The average Bonchev–Trinajstić information content (AvgIpc) is 3.18. The molecule has 6 nitrogen and oxygen atoms in total. The fraction of sp³-hybridized carbons (Fsp3) is 0.407. The van der Waals surface area contributed by atoms with Crippen LogP contribution in [0.25, 0.3) is 22.4 Å². The number of fused-ring (bicyclic) bond motifs is 1. The molecule has 1 fully saturated rings. The summed E-state index contributed by atoms with van der Waals surface area (Å²) in [7, 11) is 4.16. The van der Waals surface area contributed by atoms with Gasteiger partial charge in [0, 0.05) is 42.5 Å². The van der Waals surface area contributed by atoms with Crippen LogP contribution in [0.15, 0.2) is 42.6 Å². The van der Waals surface area contributed by atoms with Crippen LogP contribution in [-0.4, -0.2) is 61.7 Å². The molecular formula is C27H32N4O2S. The summed E-state index contributed by atoms with van der Waals surface area (Å²) in [5, 5.41) is 4.34. The number of ether oxygens (including phenoxy) is 1. The molecular weight excluding hydrogens is 444 g/mol. The van der Waals surface area contributed by atoms with Gasteiger partial charge in [-0.3, -0.25) is 9.78 Å². The van der Waals surface area contributed by atoms with E-state index in [-0.39, 0.29) is 11.4 Å². The minimum atomic E-state index is -0.279. The first kappa shape index (κ1) is 23.0. The maximum Gasteiger partial charge on any atom is 0.262 e. The highest BCUT2D eigenvalue weighted by Gasteiger charge is 2.36. The standard InChI is InChI=1S/C27H32N4O2S/c1-27(2)16-21-23(26(31-10-12-33-13-11-31)34-24(21)25(32)29-27)20-8-9-28-22(15-20)19-7-5-6-18(14-19)17-30(3)4/h5-9,14-15H,10-13,16-17H2,1-4H3,(H,29,32). The van der Waals surface area contributed by atoms with E-state index in [1.807, 2.05) is 6.20 Å². The summed E-state index contributed by atoms with van der Waals surface area (Å²) in [6.07, 6.45) is 2.70. The molecule has 34 heavy (non-hydrogen) atoms. The summed E-state index contributed by atoms with van der Waals surface area (Å²) in [4.78, 5) is 23.1. The molecule has 0 radical (unpaired) electrons. The summed E-state index contributed by atoms with van der Waals surface area (Å²) >= 11 is 1.62. The smallest absolute Gasteiger partial charge is 0.262 e. The molecule has 1 N–H and O–H groups in total. The lowest BCUT2D eigenvalue weighted by molar-refractivity contribution is 0.0902. The minimum Gasteiger partial charge on any atom is -0.378 e. The Morgan fingerprint density at radius 2 is 1.94 bits per heavy atom. The number of hydrogen-bond donors (Lipinski definition) is 1. The number of rotatable bonds is 5. The highest BCUT2D eigenvalue weighted by molar-refractivity contribution is 7.19. The number of nitrogens with one attached hydrogen (secondary N) is 1. The number of carbonyl (C=O) groups excluding carboxylic acids is 1. The van der Waals surface area contributed by atoms with Gasteiger partial charge < -0.3 is 19.9 Å². The fourth-order valence-corrected chi connectivity index (χ4v) is 6.17. The number of morpholine rings is 1. The van der Waals surface area contributed by atoms with Crippen LogP contribution in [0.3, 0.4) is 0 Å². The Morgan fingerprint density at radius 3 is 2.71 bits per heavy atom. The van der Waals surface area contributed by atoms with Gasteiger partial charge in [0.25, 0.3) is 5.91 Å². The van der Waals surface area contributed by atoms with Crippen molar-refractivity contribution < 1.29 is 9.53 Å². The number of amides is 1. The molecule has 7 heteroatoms. The van der Waals surface area contributed by atoms with E-state index in [9.17, 15) is 4.79 Å². The Hall–Kier alpha value is -2.74. The normalized spacial score (nSPS) is 17.6. The fourth-order valence-electron chi connectivity index (χ4n) is 4.88. The van der Waals surface area contributed by atoms with Crippen LogP contribution in [0.1, 0.15) is 34.6 Å². The van der Waals surface area contributed by atoms with E-state index in [1.54, 1.807) is 11.3 Å². The lowest BCUT2D eigenvalue weighted by Gasteiger charge is -2.31. The number of carbonyl (C=O) groups is 1. The monoisotopic (exact) mass is 476 g/mol. The second kappa shape index (κ2) is 9.13. The average molecular weight is 477 g/mol. The van der Waals surface area contributed by atoms with Gasteiger partial charge in [0.15, 0.2) is 0 Å². The van der Waals surface area contributed by atoms with Gasteiger partial charge in [-0.05, 0) is 69.3 Å². The van der Waals surface area contributed by atoms with Gasteiger partial charge in [-0.25, -0.2) is 0 Å². The molecule has 3 aromatic rings. The summed E-state index contributed by atoms with van der Waals surface area (Å²) in [5.41, 5.74) is 6.49. The molecule has 2 aromatic heterocycles. The van der Waals surface area contributed by atoms with Crippen molar-refractivity contribution in [1.29, 1.82) is 0 Å². The predicted molar refractivity (Wildman–Crippen MR) is 139 cm³/mol. The molecule has 0 aliphatic carbocycles. The third-order valence-electron chi connectivity index (χ3n) is 6.33. The third-order valence-corrected chi connectivity index (χ3v) is 7.63. The quantitative estimate of drug-likeness (QED) is 0.590. The number of thiophene rings is 1. The van der Waals surface area contributed by atoms with E-state index in [0.29, 0.717) is 13.2 Å². The van der Waals surface area contributed by atoms with Gasteiger partial charge in [0.1, 0.15) is 5.00 Å². The molecule has 1 amide bonds. The lowest BCUT2D eigenvalue weighted by atomic mass is 9.87. The van der Waals surface area contributed by atoms with Gasteiger partial charge >= 0.3 is 0 Å². The Kier molecular flexibility index (Phi) is 6.18. The molecule has 0 unspecified atom stereocenters. The summed E-state index contributed by atoms with van der Waals surface area (Å²) in [6, 6.07) is 12.8. The lowest BCUT2D eigenvalue weighted by Crippen LogP contribution is -2.48. The molecule has 178 valence electrons. The third kappa shape index (κ3) is 4.60. The summed E-state index contributed by atoms with van der Waals surface area (Å²) in [6.45, 7) is 8.16. The molecule has 1 saturated heterocycles. The van der Waals surface area contributed by atoms with Gasteiger partial charge in [0.05, 0.1) is 23.8 Å². The summed E-state index contributed by atoms with van der Waals surface area (Å²) in [5.74, 6) is 0.0303. The first-order valence-electron chi connectivity index (χ1n) is 11.8. The number of anilines is 1. The van der Waals surface area contributed by atoms with Gasteiger partial charge in [0.2, 0.25) is 0 Å². The topological polar surface area (TPSA) is 57.7 Å². The molecule has 5 rings (SSSR count). The maximum absolute atomic E-state index is 13.0. The second-order valence-electron chi connectivity index (χ2n) is 10.1. The zero-order valence-electron chi connectivity index (χ0n) is 20.4. The van der Waals surface area contributed by atoms with Crippen molar-refractivity contribution in [3.8, 4) is 22.4 Å². The van der Waals surface area contributed by atoms with E-state index in [4.69, 9.17) is 9.72 Å². The number of pyridine rings is 1. The van der Waals surface area contributed by atoms with E-state index < -0.39 is 0 Å². The molecule has 4 heterocycles. The van der Waals surface area contributed by atoms with Crippen LogP contribution < -0.4 is 10.2 Å². The van der Waals surface area contributed by atoms with Crippen LogP contribution in [-0.2, 0) is 17.7 Å². The molecule has 2 aliphatic heterocycles. The van der Waals surface area contributed by atoms with E-state index in [0.717, 1.165) is 53.3 Å². The highest BCUT2D eigenvalue weighted by Crippen LogP contribution is 2.46. The van der Waals surface area contributed by atoms with Crippen LogP contribution in [0.4, 0.5) is 5.00 Å². The highest BCUT2D eigenvalue weighted by atomic mass is 32.1. The Balaban J connectivity index is 1.62. The first-order valence-corrected chi connectivity index (χ1v) is 12.6. The van der Waals surface area contributed by atoms with Crippen molar-refractivity contribution in [2.45, 2.75) is 32.4 Å². The Bertz CT molecular complexity index is 1210. The van der Waals surface area contributed by atoms with E-state index in [1.165, 1.54) is 16.1 Å². The molecule has 2 aliphatic rings. The van der Waals surface area contributed by atoms with Crippen molar-refractivity contribution in [2.75, 3.05) is 45.3 Å². The predicted octanol–water partition coefficient (Wildman–Crippen LogP) is 4.44. The second-order valence-corrected chi connectivity index (χ2v) is 11.1. The minimum absolute atomic E-state index is 0.0303. The van der Waals surface area contributed by atoms with Crippen LogP contribution in [0, 0.1) is 0 Å². The Morgan fingerprint density at radius 1 is 1.15 bits per heavy atom. The molecule has 0 saturated carbocycles. The Labute approximate surface area is 205 Å². The molecule has 0 atom stereocenters. The zero-order chi connectivity index (χ0) is 23.9. The number of hydrogen-bond acceptors (Lipinski definition) is 6. The summed E-state index contributed by atoms with van der Waals surface area (Å²) < 4.78 is 5.61. The molecule has 1 aromatic carbocycles. The van der Waals surface area contributed by atoms with Crippen molar-refractivity contribution in [3.63, 3.8) is 0 Å². The van der Waals surface area contributed by atoms with Crippen molar-refractivity contribution in [2.24, 2.45) is 0 Å². The van der Waals surface area contributed by atoms with Crippen LogP contribution in [0.5, 0.6) is 0 Å². The van der Waals surface area contributed by atoms with E-state index in [2.05, 4.69) is 79.5 Å². The van der Waals surface area contributed by atoms with Crippen LogP contribution >= 0.6 is 11.3 Å². The van der Waals surface area contributed by atoms with Crippen molar-refractivity contribution in [3.05, 3.63) is 58.6 Å². The molecule has 0 bridgehead atoms.